The normalized spacial score (nSPS) is 12.6. The first-order valence-corrected chi connectivity index (χ1v) is 10.0. The molecule has 0 spiro atoms. The van der Waals surface area contributed by atoms with E-state index in [0.717, 1.165) is 55.4 Å². The Balaban J connectivity index is 1.97. The van der Waals surface area contributed by atoms with Gasteiger partial charge in [-0.2, -0.15) is 5.10 Å². The number of hydrogen-bond acceptors (Lipinski definition) is 4. The van der Waals surface area contributed by atoms with Crippen molar-refractivity contribution in [2.75, 3.05) is 26.8 Å². The van der Waals surface area contributed by atoms with Crippen LogP contribution in [0.2, 0.25) is 0 Å². The molecular formula is C21H33N5O2. The number of aromatic nitrogens is 2. The van der Waals surface area contributed by atoms with E-state index >= 15 is 0 Å². The molecule has 0 saturated carbocycles. The zero-order valence-corrected chi connectivity index (χ0v) is 17.2. The van der Waals surface area contributed by atoms with E-state index in [2.05, 4.69) is 27.6 Å². The van der Waals surface area contributed by atoms with E-state index in [1.807, 2.05) is 48.1 Å². The topological polar surface area (TPSA) is 83.7 Å². The van der Waals surface area contributed by atoms with E-state index in [9.17, 15) is 5.11 Å². The van der Waals surface area contributed by atoms with Crippen molar-refractivity contribution >= 4 is 5.96 Å². The van der Waals surface area contributed by atoms with Crippen LogP contribution >= 0.6 is 0 Å². The maximum atomic E-state index is 9.22. The SMILES string of the molecule is CCCC(CCO)CNC(=NCc1ccn(-c2ccc(OC)cc2)n1)NCC. The lowest BCUT2D eigenvalue weighted by Crippen LogP contribution is -2.40. The summed E-state index contributed by atoms with van der Waals surface area (Å²) in [5.74, 6) is 2.05. The molecule has 7 nitrogen and oxygen atoms in total. The summed E-state index contributed by atoms with van der Waals surface area (Å²) in [4.78, 5) is 4.65. The summed E-state index contributed by atoms with van der Waals surface area (Å²) in [6, 6.07) is 9.75. The van der Waals surface area contributed by atoms with E-state index in [1.165, 1.54) is 0 Å². The second-order valence-electron chi connectivity index (χ2n) is 6.69. The molecule has 154 valence electrons. The van der Waals surface area contributed by atoms with E-state index in [4.69, 9.17) is 4.74 Å². The van der Waals surface area contributed by atoms with Gasteiger partial charge in [0, 0.05) is 25.9 Å². The molecule has 2 rings (SSSR count). The number of benzene rings is 1. The molecule has 0 aliphatic carbocycles. The Morgan fingerprint density at radius 2 is 1.96 bits per heavy atom. The number of aliphatic hydroxyl groups excluding tert-OH is 1. The predicted molar refractivity (Wildman–Crippen MR) is 113 cm³/mol. The number of nitrogens with one attached hydrogen (secondary N) is 2. The van der Waals surface area contributed by atoms with Gasteiger partial charge in [0.1, 0.15) is 5.75 Å². The lowest BCUT2D eigenvalue weighted by atomic mass is 10.0. The molecule has 1 aromatic carbocycles. The van der Waals surface area contributed by atoms with Gasteiger partial charge in [-0.15, -0.1) is 0 Å². The van der Waals surface area contributed by atoms with Crippen LogP contribution in [0.5, 0.6) is 5.75 Å². The van der Waals surface area contributed by atoms with Gasteiger partial charge in [-0.05, 0) is 56.0 Å². The number of methoxy groups -OCH3 is 1. The largest absolute Gasteiger partial charge is 0.497 e. The lowest BCUT2D eigenvalue weighted by molar-refractivity contribution is 0.251. The first kappa shape index (κ1) is 21.8. The Morgan fingerprint density at radius 1 is 1.18 bits per heavy atom. The van der Waals surface area contributed by atoms with E-state index < -0.39 is 0 Å². The Hall–Kier alpha value is -2.54. The quantitative estimate of drug-likeness (QED) is 0.408. The monoisotopic (exact) mass is 387 g/mol. The molecule has 0 bridgehead atoms. The van der Waals surface area contributed by atoms with Crippen molar-refractivity contribution in [2.24, 2.45) is 10.9 Å². The standard InChI is InChI=1S/C21H33N5O2/c1-4-6-17(12-14-27)15-23-21(22-5-2)24-16-18-11-13-26(25-18)19-7-9-20(28-3)10-8-19/h7-11,13,17,27H,4-6,12,14-16H2,1-3H3,(H2,22,23,24). The van der Waals surface area contributed by atoms with Crippen molar-refractivity contribution in [2.45, 2.75) is 39.7 Å². The van der Waals surface area contributed by atoms with Crippen LogP contribution in [0, 0.1) is 5.92 Å². The highest BCUT2D eigenvalue weighted by Crippen LogP contribution is 2.14. The van der Waals surface area contributed by atoms with Gasteiger partial charge in [-0.1, -0.05) is 13.3 Å². The highest BCUT2D eigenvalue weighted by Gasteiger charge is 2.08. The highest BCUT2D eigenvalue weighted by molar-refractivity contribution is 5.79. The van der Waals surface area contributed by atoms with Crippen LogP contribution in [-0.2, 0) is 6.54 Å². The van der Waals surface area contributed by atoms with Crippen molar-refractivity contribution < 1.29 is 9.84 Å². The zero-order valence-electron chi connectivity index (χ0n) is 17.2. The summed E-state index contributed by atoms with van der Waals surface area (Å²) in [6.07, 6.45) is 4.96. The highest BCUT2D eigenvalue weighted by atomic mass is 16.5. The number of hydrogen-bond donors (Lipinski definition) is 3. The number of ether oxygens (including phenoxy) is 1. The van der Waals surface area contributed by atoms with Crippen LogP contribution < -0.4 is 15.4 Å². The summed E-state index contributed by atoms with van der Waals surface area (Å²) < 4.78 is 7.03. The maximum Gasteiger partial charge on any atom is 0.191 e. The predicted octanol–water partition coefficient (Wildman–Crippen LogP) is 2.73. The van der Waals surface area contributed by atoms with Gasteiger partial charge in [0.25, 0.3) is 0 Å². The third-order valence-electron chi connectivity index (χ3n) is 4.52. The van der Waals surface area contributed by atoms with E-state index in [1.54, 1.807) is 7.11 Å². The fraction of sp³-hybridized carbons (Fsp3) is 0.524. The molecule has 0 radical (unpaired) electrons. The van der Waals surface area contributed by atoms with Crippen LogP contribution in [-0.4, -0.2) is 47.7 Å². The van der Waals surface area contributed by atoms with Crippen LogP contribution in [0.3, 0.4) is 0 Å². The first-order chi connectivity index (χ1) is 13.7. The molecule has 0 amide bonds. The molecule has 0 aliphatic rings. The van der Waals surface area contributed by atoms with Gasteiger partial charge >= 0.3 is 0 Å². The molecule has 0 aliphatic heterocycles. The molecule has 1 atom stereocenters. The van der Waals surface area contributed by atoms with Crippen LogP contribution in [0.15, 0.2) is 41.5 Å². The van der Waals surface area contributed by atoms with Gasteiger partial charge in [0.05, 0.1) is 25.0 Å². The van der Waals surface area contributed by atoms with Gasteiger partial charge in [0.2, 0.25) is 0 Å². The van der Waals surface area contributed by atoms with Gasteiger partial charge in [0.15, 0.2) is 5.96 Å². The van der Waals surface area contributed by atoms with Crippen LogP contribution in [0.25, 0.3) is 5.69 Å². The van der Waals surface area contributed by atoms with Gasteiger partial charge in [-0.25, -0.2) is 9.67 Å². The smallest absolute Gasteiger partial charge is 0.191 e. The molecule has 7 heteroatoms. The van der Waals surface area contributed by atoms with Crippen molar-refractivity contribution in [3.05, 3.63) is 42.2 Å². The average Bonchev–Trinajstić information content (AvgIpc) is 3.19. The van der Waals surface area contributed by atoms with Crippen molar-refractivity contribution in [1.82, 2.24) is 20.4 Å². The summed E-state index contributed by atoms with van der Waals surface area (Å²) in [6.45, 7) is 6.54. The second-order valence-corrected chi connectivity index (χ2v) is 6.69. The van der Waals surface area contributed by atoms with E-state index in [0.29, 0.717) is 12.5 Å². The van der Waals surface area contributed by atoms with Crippen molar-refractivity contribution in [3.8, 4) is 11.4 Å². The minimum absolute atomic E-state index is 0.225. The lowest BCUT2D eigenvalue weighted by Gasteiger charge is -2.18. The Kier molecular flexibility index (Phi) is 9.34. The summed E-state index contributed by atoms with van der Waals surface area (Å²) in [5, 5.41) is 20.5. The fourth-order valence-corrected chi connectivity index (χ4v) is 3.01. The molecule has 2 aromatic rings. The molecule has 1 heterocycles. The second kappa shape index (κ2) is 12.0. The Labute approximate surface area is 167 Å². The summed E-state index contributed by atoms with van der Waals surface area (Å²) >= 11 is 0. The molecular weight excluding hydrogens is 354 g/mol. The van der Waals surface area contributed by atoms with E-state index in [-0.39, 0.29) is 6.61 Å². The first-order valence-electron chi connectivity index (χ1n) is 10.0. The molecule has 28 heavy (non-hydrogen) atoms. The van der Waals surface area contributed by atoms with Crippen LogP contribution in [0.1, 0.15) is 38.8 Å². The molecule has 1 aromatic heterocycles. The minimum Gasteiger partial charge on any atom is -0.497 e. The van der Waals surface area contributed by atoms with Crippen LogP contribution in [0.4, 0.5) is 0 Å². The minimum atomic E-state index is 0.225. The molecule has 1 unspecified atom stereocenters. The summed E-state index contributed by atoms with van der Waals surface area (Å²) in [5.41, 5.74) is 1.88. The van der Waals surface area contributed by atoms with Gasteiger partial charge < -0.3 is 20.5 Å². The molecule has 3 N–H and O–H groups in total. The Morgan fingerprint density at radius 3 is 2.61 bits per heavy atom. The molecule has 0 fully saturated rings. The Bertz CT molecular complexity index is 706. The number of rotatable bonds is 11. The number of guanidine groups is 1. The molecule has 0 saturated heterocycles. The average molecular weight is 388 g/mol. The fourth-order valence-electron chi connectivity index (χ4n) is 3.01. The summed E-state index contributed by atoms with van der Waals surface area (Å²) in [7, 11) is 1.66. The number of aliphatic imine (C=N–C) groups is 1. The maximum absolute atomic E-state index is 9.22. The number of nitrogens with zero attached hydrogens (tertiary/aromatic N) is 3. The number of aliphatic hydroxyl groups is 1. The van der Waals surface area contributed by atoms with Gasteiger partial charge in [-0.3, -0.25) is 0 Å². The third-order valence-corrected chi connectivity index (χ3v) is 4.52. The zero-order chi connectivity index (χ0) is 20.2. The third kappa shape index (κ3) is 6.88. The van der Waals surface area contributed by atoms with Crippen molar-refractivity contribution in [3.63, 3.8) is 0 Å². The van der Waals surface area contributed by atoms with Crippen molar-refractivity contribution in [1.29, 1.82) is 0 Å².